The fourth-order valence-electron chi connectivity index (χ4n) is 2.84. The molecule has 26 heavy (non-hydrogen) atoms. The Morgan fingerprint density at radius 1 is 1.15 bits per heavy atom. The van der Waals surface area contributed by atoms with Gasteiger partial charge in [0.2, 0.25) is 11.0 Å². The van der Waals surface area contributed by atoms with Gasteiger partial charge >= 0.3 is 0 Å². The van der Waals surface area contributed by atoms with Crippen LogP contribution in [-0.4, -0.2) is 63.7 Å². The van der Waals surface area contributed by atoms with Gasteiger partial charge < -0.3 is 10.2 Å². The molecule has 0 atom stereocenters. The van der Waals surface area contributed by atoms with Crippen LogP contribution in [0.2, 0.25) is 0 Å². The molecule has 8 nitrogen and oxygen atoms in total. The summed E-state index contributed by atoms with van der Waals surface area (Å²) < 4.78 is 0. The van der Waals surface area contributed by atoms with E-state index in [1.165, 1.54) is 11.3 Å². The van der Waals surface area contributed by atoms with Gasteiger partial charge in [0.25, 0.3) is 0 Å². The minimum absolute atomic E-state index is 0.00498. The van der Waals surface area contributed by atoms with E-state index in [4.69, 9.17) is 0 Å². The summed E-state index contributed by atoms with van der Waals surface area (Å²) in [6.45, 7) is 8.56. The smallest absolute Gasteiger partial charge is 0.227 e. The zero-order chi connectivity index (χ0) is 18.4. The molecule has 3 rings (SSSR count). The summed E-state index contributed by atoms with van der Waals surface area (Å²) in [4.78, 5) is 25.3. The fraction of sp³-hybridized carbons (Fsp3) is 0.588. The molecule has 1 fully saturated rings. The minimum atomic E-state index is -0.00498. The third-order valence-electron chi connectivity index (χ3n) is 4.44. The number of nitrogens with one attached hydrogen (secondary N) is 1. The number of aromatic nitrogens is 4. The SMILES string of the molecule is CCc1cc(N2CCN(CCC(=O)Nc3nnc(CC)s3)CC2)ncn1. The predicted octanol–water partition coefficient (Wildman–Crippen LogP) is 1.60. The monoisotopic (exact) mass is 375 g/mol. The highest BCUT2D eigenvalue weighted by Crippen LogP contribution is 2.16. The number of amides is 1. The van der Waals surface area contributed by atoms with Crippen LogP contribution in [0.1, 0.15) is 31.0 Å². The number of rotatable bonds is 7. The van der Waals surface area contributed by atoms with E-state index in [0.29, 0.717) is 11.6 Å². The lowest BCUT2D eigenvalue weighted by Gasteiger charge is -2.35. The predicted molar refractivity (Wildman–Crippen MR) is 103 cm³/mol. The van der Waals surface area contributed by atoms with Gasteiger partial charge in [-0.05, 0) is 12.8 Å². The standard InChI is InChI=1S/C17H25N7OS/c1-3-13-11-14(19-12-18-13)24-9-7-23(8-10-24)6-5-15(25)20-17-22-21-16(4-2)26-17/h11-12H,3-10H2,1-2H3,(H,20,22,25). The van der Waals surface area contributed by atoms with E-state index in [9.17, 15) is 4.79 Å². The summed E-state index contributed by atoms with van der Waals surface area (Å²) in [5, 5.41) is 12.4. The van der Waals surface area contributed by atoms with Crippen LogP contribution in [0.3, 0.4) is 0 Å². The summed E-state index contributed by atoms with van der Waals surface area (Å²) in [5.74, 6) is 0.992. The highest BCUT2D eigenvalue weighted by molar-refractivity contribution is 7.15. The van der Waals surface area contributed by atoms with Crippen molar-refractivity contribution in [2.24, 2.45) is 0 Å². The number of nitrogens with zero attached hydrogens (tertiary/aromatic N) is 6. The molecule has 0 aromatic carbocycles. The number of anilines is 2. The molecule has 3 heterocycles. The molecular weight excluding hydrogens is 350 g/mol. The Morgan fingerprint density at radius 2 is 1.96 bits per heavy atom. The van der Waals surface area contributed by atoms with Gasteiger partial charge in [-0.15, -0.1) is 10.2 Å². The van der Waals surface area contributed by atoms with Gasteiger partial charge in [0.15, 0.2) is 0 Å². The van der Waals surface area contributed by atoms with Crippen molar-refractivity contribution in [3.63, 3.8) is 0 Å². The highest BCUT2D eigenvalue weighted by atomic mass is 32.1. The molecule has 0 bridgehead atoms. The Hall–Kier alpha value is -2.13. The van der Waals surface area contributed by atoms with Crippen molar-refractivity contribution >= 4 is 28.2 Å². The molecule has 2 aromatic heterocycles. The first-order valence-electron chi connectivity index (χ1n) is 9.08. The Bertz CT molecular complexity index is 727. The number of carbonyl (C=O) groups is 1. The summed E-state index contributed by atoms with van der Waals surface area (Å²) in [6, 6.07) is 2.07. The first-order chi connectivity index (χ1) is 12.7. The van der Waals surface area contributed by atoms with Crippen LogP contribution in [0, 0.1) is 0 Å². The van der Waals surface area contributed by atoms with E-state index < -0.39 is 0 Å². The average Bonchev–Trinajstić information content (AvgIpc) is 3.14. The first kappa shape index (κ1) is 18.7. The molecule has 9 heteroatoms. The Labute approximate surface area is 157 Å². The molecule has 0 unspecified atom stereocenters. The van der Waals surface area contributed by atoms with E-state index in [-0.39, 0.29) is 5.91 Å². The van der Waals surface area contributed by atoms with Crippen LogP contribution < -0.4 is 10.2 Å². The Morgan fingerprint density at radius 3 is 2.65 bits per heavy atom. The van der Waals surface area contributed by atoms with E-state index >= 15 is 0 Å². The topological polar surface area (TPSA) is 87.1 Å². The Balaban J connectivity index is 1.41. The van der Waals surface area contributed by atoms with Crippen LogP contribution in [0.15, 0.2) is 12.4 Å². The van der Waals surface area contributed by atoms with E-state index in [1.54, 1.807) is 6.33 Å². The average molecular weight is 376 g/mol. The maximum atomic E-state index is 12.1. The second kappa shape index (κ2) is 9.00. The molecule has 0 aliphatic carbocycles. The summed E-state index contributed by atoms with van der Waals surface area (Å²) in [6.07, 6.45) is 3.86. The fourth-order valence-corrected chi connectivity index (χ4v) is 3.54. The van der Waals surface area contributed by atoms with E-state index in [2.05, 4.69) is 48.3 Å². The van der Waals surface area contributed by atoms with Crippen LogP contribution in [0.4, 0.5) is 10.9 Å². The van der Waals surface area contributed by atoms with E-state index in [0.717, 1.165) is 62.1 Å². The van der Waals surface area contributed by atoms with Crippen molar-refractivity contribution in [2.75, 3.05) is 42.9 Å². The quantitative estimate of drug-likeness (QED) is 0.786. The summed E-state index contributed by atoms with van der Waals surface area (Å²) >= 11 is 1.44. The van der Waals surface area contributed by atoms with Gasteiger partial charge in [0.1, 0.15) is 17.2 Å². The summed E-state index contributed by atoms with van der Waals surface area (Å²) in [5.41, 5.74) is 1.07. The third-order valence-corrected chi connectivity index (χ3v) is 5.42. The Kier molecular flexibility index (Phi) is 6.45. The normalized spacial score (nSPS) is 15.2. The van der Waals surface area contributed by atoms with Gasteiger partial charge in [-0.25, -0.2) is 9.97 Å². The number of carbonyl (C=O) groups excluding carboxylic acids is 1. The second-order valence-corrected chi connectivity index (χ2v) is 7.26. The van der Waals surface area contributed by atoms with Gasteiger partial charge in [-0.2, -0.15) is 0 Å². The maximum Gasteiger partial charge on any atom is 0.227 e. The van der Waals surface area contributed by atoms with Gasteiger partial charge in [0.05, 0.1) is 0 Å². The number of piperazine rings is 1. The van der Waals surface area contributed by atoms with Crippen molar-refractivity contribution in [3.05, 3.63) is 23.1 Å². The second-order valence-electron chi connectivity index (χ2n) is 6.20. The molecule has 0 spiro atoms. The van der Waals surface area contributed by atoms with E-state index in [1.807, 2.05) is 6.92 Å². The number of hydrogen-bond donors (Lipinski definition) is 1. The van der Waals surface area contributed by atoms with Gasteiger partial charge in [-0.1, -0.05) is 25.2 Å². The third kappa shape index (κ3) is 4.95. The van der Waals surface area contributed by atoms with Crippen molar-refractivity contribution in [2.45, 2.75) is 33.1 Å². The van der Waals surface area contributed by atoms with Crippen LogP contribution in [0.5, 0.6) is 0 Å². The zero-order valence-electron chi connectivity index (χ0n) is 15.3. The first-order valence-corrected chi connectivity index (χ1v) is 9.90. The van der Waals surface area contributed by atoms with Crippen molar-refractivity contribution in [1.82, 2.24) is 25.1 Å². The molecular formula is C17H25N7OS. The van der Waals surface area contributed by atoms with Crippen molar-refractivity contribution < 1.29 is 4.79 Å². The lowest BCUT2D eigenvalue weighted by atomic mass is 10.2. The molecule has 1 saturated heterocycles. The zero-order valence-corrected chi connectivity index (χ0v) is 16.1. The van der Waals surface area contributed by atoms with Crippen LogP contribution in [-0.2, 0) is 17.6 Å². The molecule has 0 saturated carbocycles. The largest absolute Gasteiger partial charge is 0.354 e. The van der Waals surface area contributed by atoms with Gasteiger partial charge in [0, 0.05) is 50.9 Å². The lowest BCUT2D eigenvalue weighted by molar-refractivity contribution is -0.116. The number of hydrogen-bond acceptors (Lipinski definition) is 8. The maximum absolute atomic E-state index is 12.1. The lowest BCUT2D eigenvalue weighted by Crippen LogP contribution is -2.47. The molecule has 0 radical (unpaired) electrons. The van der Waals surface area contributed by atoms with Crippen molar-refractivity contribution in [1.29, 1.82) is 0 Å². The van der Waals surface area contributed by atoms with Crippen molar-refractivity contribution in [3.8, 4) is 0 Å². The summed E-state index contributed by atoms with van der Waals surface area (Å²) in [7, 11) is 0. The minimum Gasteiger partial charge on any atom is -0.354 e. The highest BCUT2D eigenvalue weighted by Gasteiger charge is 2.19. The number of aryl methyl sites for hydroxylation is 2. The van der Waals surface area contributed by atoms with Crippen LogP contribution >= 0.6 is 11.3 Å². The molecule has 1 aliphatic heterocycles. The molecule has 1 aliphatic rings. The molecule has 2 aromatic rings. The van der Waals surface area contributed by atoms with Gasteiger partial charge in [-0.3, -0.25) is 9.69 Å². The van der Waals surface area contributed by atoms with Crippen LogP contribution in [0.25, 0.3) is 0 Å². The molecule has 140 valence electrons. The molecule has 1 N–H and O–H groups in total. The molecule has 1 amide bonds.